The Morgan fingerprint density at radius 1 is 1.50 bits per heavy atom. The Balaban J connectivity index is 2.19. The molecule has 1 unspecified atom stereocenters. The lowest BCUT2D eigenvalue weighted by atomic mass is 10.0. The fraction of sp³-hybridized carbons (Fsp3) is 0.333. The molecule has 1 heterocycles. The predicted octanol–water partition coefficient (Wildman–Crippen LogP) is 2.96. The second kappa shape index (κ2) is 5.82. The zero-order valence-corrected chi connectivity index (χ0v) is 12.3. The number of aryl methyl sites for hydroxylation is 1. The summed E-state index contributed by atoms with van der Waals surface area (Å²) in [6.07, 6.45) is 2.20. The first-order valence-electron chi connectivity index (χ1n) is 5.69. The summed E-state index contributed by atoms with van der Waals surface area (Å²) in [6, 6.07) is 5.49. The minimum Gasteiger partial charge on any atom is -0.324 e. The summed E-state index contributed by atoms with van der Waals surface area (Å²) in [5, 5.41) is 4.82. The van der Waals surface area contributed by atoms with E-state index in [9.17, 15) is 0 Å². The maximum atomic E-state index is 6.21. The molecule has 0 amide bonds. The molecule has 1 aromatic carbocycles. The van der Waals surface area contributed by atoms with E-state index < -0.39 is 0 Å². The van der Waals surface area contributed by atoms with E-state index in [2.05, 4.69) is 26.0 Å². The molecule has 0 fully saturated rings. The second-order valence-corrected chi connectivity index (χ2v) is 5.26. The molecule has 6 heteroatoms. The number of benzene rings is 1. The van der Waals surface area contributed by atoms with Gasteiger partial charge in [0.25, 0.3) is 0 Å². The van der Waals surface area contributed by atoms with E-state index in [1.165, 1.54) is 0 Å². The van der Waals surface area contributed by atoms with E-state index >= 15 is 0 Å². The largest absolute Gasteiger partial charge is 0.324 e. The van der Waals surface area contributed by atoms with Crippen molar-refractivity contribution < 1.29 is 0 Å². The highest BCUT2D eigenvalue weighted by molar-refractivity contribution is 9.10. The van der Waals surface area contributed by atoms with Crippen molar-refractivity contribution in [3.63, 3.8) is 0 Å². The van der Waals surface area contributed by atoms with E-state index in [4.69, 9.17) is 17.3 Å². The fourth-order valence-corrected chi connectivity index (χ4v) is 2.80. The highest BCUT2D eigenvalue weighted by atomic mass is 79.9. The molecule has 0 saturated carbocycles. The minimum absolute atomic E-state index is 0.133. The first-order chi connectivity index (χ1) is 8.61. The highest BCUT2D eigenvalue weighted by Crippen LogP contribution is 2.27. The lowest BCUT2D eigenvalue weighted by Crippen LogP contribution is -2.17. The Labute approximate surface area is 119 Å². The summed E-state index contributed by atoms with van der Waals surface area (Å²) in [5.74, 6) is 0.895. The van der Waals surface area contributed by atoms with Crippen LogP contribution in [-0.2, 0) is 13.0 Å². The van der Waals surface area contributed by atoms with Crippen LogP contribution in [0.4, 0.5) is 0 Å². The summed E-state index contributed by atoms with van der Waals surface area (Å²) in [7, 11) is 0. The minimum atomic E-state index is -0.133. The van der Waals surface area contributed by atoms with E-state index in [1.807, 2.05) is 29.8 Å². The standard InChI is InChI=1S/C12H14BrClN4/c1-2-18-12(16-7-17-18)6-11(15)9-4-3-8(14)5-10(9)13/h3-5,7,11H,2,6,15H2,1H3. The van der Waals surface area contributed by atoms with Gasteiger partial charge in [0.05, 0.1) is 0 Å². The average molecular weight is 330 g/mol. The number of nitrogens with zero attached hydrogens (tertiary/aromatic N) is 3. The number of nitrogens with two attached hydrogens (primary N) is 1. The monoisotopic (exact) mass is 328 g/mol. The van der Waals surface area contributed by atoms with Crippen molar-refractivity contribution in [2.24, 2.45) is 5.73 Å². The lowest BCUT2D eigenvalue weighted by Gasteiger charge is -2.14. The third-order valence-corrected chi connectivity index (χ3v) is 3.68. The van der Waals surface area contributed by atoms with Gasteiger partial charge >= 0.3 is 0 Å². The number of hydrogen-bond donors (Lipinski definition) is 1. The van der Waals surface area contributed by atoms with Crippen LogP contribution in [0.3, 0.4) is 0 Å². The van der Waals surface area contributed by atoms with Gasteiger partial charge in [-0.25, -0.2) is 4.98 Å². The summed E-state index contributed by atoms with van der Waals surface area (Å²) in [6.45, 7) is 2.83. The molecule has 2 aromatic rings. The van der Waals surface area contributed by atoms with Crippen molar-refractivity contribution in [2.75, 3.05) is 0 Å². The third kappa shape index (κ3) is 2.91. The van der Waals surface area contributed by atoms with Gasteiger partial charge in [0.2, 0.25) is 0 Å². The van der Waals surface area contributed by atoms with Crippen molar-refractivity contribution in [2.45, 2.75) is 25.9 Å². The van der Waals surface area contributed by atoms with Crippen molar-refractivity contribution in [1.82, 2.24) is 14.8 Å². The molecule has 1 atom stereocenters. The van der Waals surface area contributed by atoms with Crippen molar-refractivity contribution in [1.29, 1.82) is 0 Å². The van der Waals surface area contributed by atoms with Gasteiger partial charge in [-0.3, -0.25) is 4.68 Å². The van der Waals surface area contributed by atoms with E-state index in [1.54, 1.807) is 6.33 Å². The maximum absolute atomic E-state index is 6.21. The first-order valence-corrected chi connectivity index (χ1v) is 6.86. The molecule has 0 aliphatic carbocycles. The molecule has 0 aliphatic heterocycles. The van der Waals surface area contributed by atoms with Crippen LogP contribution < -0.4 is 5.73 Å². The van der Waals surface area contributed by atoms with E-state index in [0.717, 1.165) is 22.4 Å². The third-order valence-electron chi connectivity index (χ3n) is 2.76. The smallest absolute Gasteiger partial charge is 0.138 e. The van der Waals surface area contributed by atoms with Gasteiger partial charge in [-0.15, -0.1) is 0 Å². The lowest BCUT2D eigenvalue weighted by molar-refractivity contribution is 0.580. The van der Waals surface area contributed by atoms with Crippen LogP contribution in [-0.4, -0.2) is 14.8 Å². The Bertz CT molecular complexity index is 541. The first kappa shape index (κ1) is 13.5. The van der Waals surface area contributed by atoms with Crippen LogP contribution in [0.5, 0.6) is 0 Å². The molecule has 0 saturated heterocycles. The topological polar surface area (TPSA) is 56.7 Å². The maximum Gasteiger partial charge on any atom is 0.138 e. The molecular weight excluding hydrogens is 316 g/mol. The summed E-state index contributed by atoms with van der Waals surface area (Å²) >= 11 is 9.39. The zero-order chi connectivity index (χ0) is 13.1. The Hall–Kier alpha value is -0.910. The molecule has 96 valence electrons. The predicted molar refractivity (Wildman–Crippen MR) is 75.5 cm³/mol. The van der Waals surface area contributed by atoms with Gasteiger partial charge in [0.15, 0.2) is 0 Å². The molecule has 4 nitrogen and oxygen atoms in total. The van der Waals surface area contributed by atoms with Crippen LogP contribution in [0.2, 0.25) is 5.02 Å². The SMILES string of the molecule is CCn1ncnc1CC(N)c1ccc(Cl)cc1Br. The van der Waals surface area contributed by atoms with Gasteiger partial charge in [0, 0.05) is 28.5 Å². The Kier molecular flexibility index (Phi) is 4.37. The quantitative estimate of drug-likeness (QED) is 0.938. The molecule has 2 rings (SSSR count). The van der Waals surface area contributed by atoms with Crippen LogP contribution >= 0.6 is 27.5 Å². The van der Waals surface area contributed by atoms with E-state index in [0.29, 0.717) is 11.4 Å². The summed E-state index contributed by atoms with van der Waals surface area (Å²) in [4.78, 5) is 4.23. The van der Waals surface area contributed by atoms with Gasteiger partial charge in [0.1, 0.15) is 12.2 Å². The van der Waals surface area contributed by atoms with Gasteiger partial charge in [-0.2, -0.15) is 5.10 Å². The molecule has 0 spiro atoms. The van der Waals surface area contributed by atoms with Crippen LogP contribution in [0.1, 0.15) is 24.4 Å². The molecule has 2 N–H and O–H groups in total. The van der Waals surface area contributed by atoms with Crippen LogP contribution in [0.15, 0.2) is 29.0 Å². The molecule has 18 heavy (non-hydrogen) atoms. The molecule has 0 bridgehead atoms. The van der Waals surface area contributed by atoms with Crippen LogP contribution in [0.25, 0.3) is 0 Å². The van der Waals surface area contributed by atoms with Crippen molar-refractivity contribution in [3.05, 3.63) is 45.4 Å². The molecule has 1 aromatic heterocycles. The molecule has 0 aliphatic rings. The summed E-state index contributed by atoms with van der Waals surface area (Å²) in [5.41, 5.74) is 7.23. The average Bonchev–Trinajstić information content (AvgIpc) is 2.76. The van der Waals surface area contributed by atoms with E-state index in [-0.39, 0.29) is 6.04 Å². The van der Waals surface area contributed by atoms with Gasteiger partial charge in [-0.1, -0.05) is 33.6 Å². The zero-order valence-electron chi connectivity index (χ0n) is 9.98. The highest BCUT2D eigenvalue weighted by Gasteiger charge is 2.14. The van der Waals surface area contributed by atoms with Crippen molar-refractivity contribution in [3.8, 4) is 0 Å². The molecular formula is C12H14BrClN4. The number of halogens is 2. The van der Waals surface area contributed by atoms with Crippen molar-refractivity contribution >= 4 is 27.5 Å². The fourth-order valence-electron chi connectivity index (χ4n) is 1.82. The number of hydrogen-bond acceptors (Lipinski definition) is 3. The van der Waals surface area contributed by atoms with Gasteiger partial charge < -0.3 is 5.73 Å². The number of rotatable bonds is 4. The molecule has 0 radical (unpaired) electrons. The second-order valence-electron chi connectivity index (χ2n) is 3.97. The Morgan fingerprint density at radius 3 is 2.94 bits per heavy atom. The number of aromatic nitrogens is 3. The van der Waals surface area contributed by atoms with Crippen LogP contribution in [0, 0.1) is 0 Å². The Morgan fingerprint density at radius 2 is 2.28 bits per heavy atom. The summed E-state index contributed by atoms with van der Waals surface area (Å²) < 4.78 is 2.77. The van der Waals surface area contributed by atoms with Gasteiger partial charge in [-0.05, 0) is 24.6 Å². The normalized spacial score (nSPS) is 12.7.